The van der Waals surface area contributed by atoms with E-state index < -0.39 is 0 Å². The topological polar surface area (TPSA) is 96.0 Å². The molecule has 0 unspecified atom stereocenters. The summed E-state index contributed by atoms with van der Waals surface area (Å²) in [5.74, 6) is 1.21. The summed E-state index contributed by atoms with van der Waals surface area (Å²) in [6.45, 7) is 3.35. The van der Waals surface area contributed by atoms with Crippen LogP contribution in [-0.4, -0.2) is 57.3 Å². The molecule has 162 valence electrons. The standard InChI is InChI=1S/C23H22N6O2S/c30-22(29-8-23(9-29)10-31-11-23)13-1-3-16-18(6-13)32-21-19(16)20(24-12-25-21)27-15-2-4-17-14(5-15)7-26-28-17/h2,4-5,7,12-13H,1,3,6,8-11H2,(H,26,28)(H,24,25,27)/t13-/m0/s1. The van der Waals surface area contributed by atoms with Crippen LogP contribution in [0.3, 0.4) is 0 Å². The smallest absolute Gasteiger partial charge is 0.226 e. The summed E-state index contributed by atoms with van der Waals surface area (Å²) >= 11 is 1.71. The Morgan fingerprint density at radius 2 is 2.19 bits per heavy atom. The molecule has 0 bridgehead atoms. The van der Waals surface area contributed by atoms with E-state index in [1.807, 2.05) is 23.2 Å². The molecule has 2 aliphatic heterocycles. The molecule has 7 rings (SSSR count). The highest BCUT2D eigenvalue weighted by molar-refractivity contribution is 7.19. The minimum Gasteiger partial charge on any atom is -0.380 e. The Morgan fingerprint density at radius 1 is 1.28 bits per heavy atom. The van der Waals surface area contributed by atoms with Crippen LogP contribution in [0.5, 0.6) is 0 Å². The third kappa shape index (κ3) is 2.77. The quantitative estimate of drug-likeness (QED) is 0.501. The largest absolute Gasteiger partial charge is 0.380 e. The number of hydrogen-bond acceptors (Lipinski definition) is 7. The highest BCUT2D eigenvalue weighted by atomic mass is 32.1. The summed E-state index contributed by atoms with van der Waals surface area (Å²) in [4.78, 5) is 26.5. The number of amides is 1. The van der Waals surface area contributed by atoms with E-state index in [9.17, 15) is 4.79 Å². The number of nitrogens with one attached hydrogen (secondary N) is 2. The zero-order valence-electron chi connectivity index (χ0n) is 17.4. The van der Waals surface area contributed by atoms with Gasteiger partial charge in [-0.15, -0.1) is 11.3 Å². The fourth-order valence-corrected chi connectivity index (χ4v) is 6.59. The van der Waals surface area contributed by atoms with Crippen LogP contribution < -0.4 is 5.32 Å². The number of aromatic amines is 1. The summed E-state index contributed by atoms with van der Waals surface area (Å²) in [6, 6.07) is 6.10. The van der Waals surface area contributed by atoms with Gasteiger partial charge in [0.2, 0.25) is 5.91 Å². The second-order valence-electron chi connectivity index (χ2n) is 9.33. The number of aryl methyl sites for hydroxylation is 1. The number of anilines is 2. The maximum absolute atomic E-state index is 13.1. The average Bonchev–Trinajstić information content (AvgIpc) is 3.35. The van der Waals surface area contributed by atoms with Crippen molar-refractivity contribution in [2.75, 3.05) is 31.6 Å². The predicted octanol–water partition coefficient (Wildman–Crippen LogP) is 3.27. The van der Waals surface area contributed by atoms with Crippen molar-refractivity contribution in [1.29, 1.82) is 0 Å². The van der Waals surface area contributed by atoms with Crippen LogP contribution in [0.25, 0.3) is 21.1 Å². The van der Waals surface area contributed by atoms with Crippen molar-refractivity contribution in [3.8, 4) is 0 Å². The van der Waals surface area contributed by atoms with E-state index >= 15 is 0 Å². The molecule has 1 aliphatic carbocycles. The van der Waals surface area contributed by atoms with E-state index in [2.05, 4.69) is 31.5 Å². The molecule has 3 aliphatic rings. The van der Waals surface area contributed by atoms with Gasteiger partial charge in [0.15, 0.2) is 0 Å². The highest BCUT2D eigenvalue weighted by Gasteiger charge is 2.51. The number of rotatable bonds is 3. The van der Waals surface area contributed by atoms with E-state index in [1.165, 1.54) is 10.4 Å². The SMILES string of the molecule is O=C([C@H]1CCc2c(sc3ncnc(Nc4ccc5[nH]ncc5c4)c23)C1)N1CC2(COC2)C1. The molecule has 1 aromatic carbocycles. The van der Waals surface area contributed by atoms with Gasteiger partial charge in [0.25, 0.3) is 0 Å². The number of carbonyl (C=O) groups excluding carboxylic acids is 1. The van der Waals surface area contributed by atoms with Gasteiger partial charge in [0.05, 0.1) is 35.7 Å². The fraction of sp³-hybridized carbons (Fsp3) is 0.391. The van der Waals surface area contributed by atoms with Gasteiger partial charge in [-0.2, -0.15) is 5.10 Å². The number of H-pyrrole nitrogens is 1. The highest BCUT2D eigenvalue weighted by Crippen LogP contribution is 2.43. The predicted molar refractivity (Wildman–Crippen MR) is 122 cm³/mol. The molecule has 1 spiro atoms. The Balaban J connectivity index is 1.16. The Labute approximate surface area is 188 Å². The molecule has 1 atom stereocenters. The van der Waals surface area contributed by atoms with Gasteiger partial charge >= 0.3 is 0 Å². The number of fused-ring (bicyclic) bond motifs is 4. The van der Waals surface area contributed by atoms with Crippen molar-refractivity contribution < 1.29 is 9.53 Å². The fourth-order valence-electron chi connectivity index (χ4n) is 5.32. The van der Waals surface area contributed by atoms with Gasteiger partial charge in [-0.05, 0) is 43.0 Å². The van der Waals surface area contributed by atoms with Crippen LogP contribution >= 0.6 is 11.3 Å². The van der Waals surface area contributed by atoms with Crippen molar-refractivity contribution in [2.24, 2.45) is 11.3 Å². The van der Waals surface area contributed by atoms with Crippen LogP contribution in [-0.2, 0) is 22.4 Å². The second-order valence-corrected chi connectivity index (χ2v) is 10.4. The minimum absolute atomic E-state index is 0.0711. The number of hydrogen-bond donors (Lipinski definition) is 2. The lowest BCUT2D eigenvalue weighted by molar-refractivity contribution is -0.197. The van der Waals surface area contributed by atoms with Gasteiger partial charge < -0.3 is 15.0 Å². The summed E-state index contributed by atoms with van der Waals surface area (Å²) in [7, 11) is 0. The lowest BCUT2D eigenvalue weighted by Crippen LogP contribution is -2.68. The third-order valence-electron chi connectivity index (χ3n) is 7.08. The van der Waals surface area contributed by atoms with E-state index in [1.54, 1.807) is 17.7 Å². The molecule has 0 radical (unpaired) electrons. The number of ether oxygens (including phenoxy) is 1. The van der Waals surface area contributed by atoms with Crippen molar-refractivity contribution in [3.63, 3.8) is 0 Å². The summed E-state index contributed by atoms with van der Waals surface area (Å²) < 4.78 is 5.34. The van der Waals surface area contributed by atoms with Gasteiger partial charge in [-0.25, -0.2) is 9.97 Å². The molecule has 4 aromatic rings. The summed E-state index contributed by atoms with van der Waals surface area (Å²) in [6.07, 6.45) is 6.00. The molecule has 32 heavy (non-hydrogen) atoms. The molecular weight excluding hydrogens is 424 g/mol. The maximum atomic E-state index is 13.1. The molecular formula is C23H22N6O2S. The lowest BCUT2D eigenvalue weighted by Gasteiger charge is -2.55. The summed E-state index contributed by atoms with van der Waals surface area (Å²) in [5, 5.41) is 12.7. The molecule has 2 saturated heterocycles. The van der Waals surface area contributed by atoms with Crippen molar-refractivity contribution >= 4 is 49.9 Å². The number of aromatic nitrogens is 4. The summed E-state index contributed by atoms with van der Waals surface area (Å²) in [5.41, 5.74) is 3.54. The normalized spacial score (nSPS) is 21.4. The first-order valence-electron chi connectivity index (χ1n) is 11.0. The first-order chi connectivity index (χ1) is 15.7. The Hall–Kier alpha value is -3.04. The van der Waals surface area contributed by atoms with Crippen LogP contribution in [0.15, 0.2) is 30.7 Å². The molecule has 9 heteroatoms. The molecule has 0 saturated carbocycles. The number of likely N-dealkylation sites (tertiary alicyclic amines) is 1. The van der Waals surface area contributed by atoms with Crippen molar-refractivity contribution in [3.05, 3.63) is 41.2 Å². The van der Waals surface area contributed by atoms with Crippen molar-refractivity contribution in [2.45, 2.75) is 19.3 Å². The van der Waals surface area contributed by atoms with E-state index in [0.717, 1.165) is 78.2 Å². The lowest BCUT2D eigenvalue weighted by atomic mass is 9.76. The van der Waals surface area contributed by atoms with E-state index in [0.29, 0.717) is 5.91 Å². The molecule has 2 fully saturated rings. The molecule has 2 N–H and O–H groups in total. The van der Waals surface area contributed by atoms with E-state index in [-0.39, 0.29) is 11.3 Å². The molecule has 1 amide bonds. The average molecular weight is 447 g/mol. The zero-order valence-corrected chi connectivity index (χ0v) is 18.2. The minimum atomic E-state index is 0.0711. The van der Waals surface area contributed by atoms with Crippen LogP contribution in [0.1, 0.15) is 16.9 Å². The Bertz CT molecular complexity index is 1370. The van der Waals surface area contributed by atoms with Gasteiger partial charge in [-0.1, -0.05) is 0 Å². The second kappa shape index (κ2) is 6.73. The molecule has 5 heterocycles. The third-order valence-corrected chi connectivity index (χ3v) is 8.24. The molecule has 3 aromatic heterocycles. The van der Waals surface area contributed by atoms with Gasteiger partial charge in [0.1, 0.15) is 17.0 Å². The number of carbonyl (C=O) groups is 1. The first-order valence-corrected chi connectivity index (χ1v) is 11.8. The zero-order chi connectivity index (χ0) is 21.3. The maximum Gasteiger partial charge on any atom is 0.226 e. The van der Waals surface area contributed by atoms with Crippen LogP contribution in [0.2, 0.25) is 0 Å². The number of nitrogens with zero attached hydrogens (tertiary/aromatic N) is 4. The van der Waals surface area contributed by atoms with Crippen LogP contribution in [0.4, 0.5) is 11.5 Å². The molecule has 8 nitrogen and oxygen atoms in total. The Kier molecular flexibility index (Phi) is 3.89. The van der Waals surface area contributed by atoms with Gasteiger partial charge in [-0.3, -0.25) is 9.89 Å². The Morgan fingerprint density at radius 3 is 3.03 bits per heavy atom. The number of thiophene rings is 1. The van der Waals surface area contributed by atoms with Crippen molar-refractivity contribution in [1.82, 2.24) is 25.1 Å². The monoisotopic (exact) mass is 446 g/mol. The first kappa shape index (κ1) is 18.5. The number of benzene rings is 1. The van der Waals surface area contributed by atoms with Crippen LogP contribution in [0, 0.1) is 11.3 Å². The van der Waals surface area contributed by atoms with E-state index in [4.69, 9.17) is 4.74 Å². The van der Waals surface area contributed by atoms with Gasteiger partial charge in [0, 0.05) is 35.0 Å².